The largest absolute Gasteiger partial charge is 0.463 e. The number of nitro groups is 1. The van der Waals surface area contributed by atoms with Crippen molar-refractivity contribution < 1.29 is 19.2 Å². The van der Waals surface area contributed by atoms with Crippen LogP contribution in [0.5, 0.6) is 0 Å². The third kappa shape index (κ3) is 4.74. The van der Waals surface area contributed by atoms with E-state index >= 15 is 0 Å². The Morgan fingerprint density at radius 2 is 1.89 bits per heavy atom. The minimum Gasteiger partial charge on any atom is -0.463 e. The minimum atomic E-state index is -0.526. The molecule has 0 heterocycles. The van der Waals surface area contributed by atoms with E-state index in [-0.39, 0.29) is 18.2 Å². The minimum absolute atomic E-state index is 0.0211. The Morgan fingerprint density at radius 1 is 1.32 bits per heavy atom. The number of nitrogens with one attached hydrogen (secondary N) is 1. The summed E-state index contributed by atoms with van der Waals surface area (Å²) in [5, 5.41) is 13.2. The van der Waals surface area contributed by atoms with E-state index in [0.717, 1.165) is 0 Å². The van der Waals surface area contributed by atoms with Gasteiger partial charge < -0.3 is 10.1 Å². The highest BCUT2D eigenvalue weighted by Gasteiger charge is 2.15. The predicted molar refractivity (Wildman–Crippen MR) is 66.3 cm³/mol. The van der Waals surface area contributed by atoms with E-state index in [1.807, 2.05) is 0 Å². The highest BCUT2D eigenvalue weighted by molar-refractivity contribution is 5.73. The Hall–Kier alpha value is -2.44. The molecule has 1 amide bonds. The van der Waals surface area contributed by atoms with Crippen molar-refractivity contribution in [2.45, 2.75) is 19.9 Å². The maximum Gasteiger partial charge on any atom is 0.302 e. The van der Waals surface area contributed by atoms with Crippen LogP contribution in [0.1, 0.15) is 25.5 Å². The van der Waals surface area contributed by atoms with Gasteiger partial charge >= 0.3 is 5.97 Å². The number of hydrogen-bond donors (Lipinski definition) is 1. The van der Waals surface area contributed by atoms with Crippen LogP contribution in [0.15, 0.2) is 24.3 Å². The summed E-state index contributed by atoms with van der Waals surface area (Å²) in [6, 6.07) is 5.17. The zero-order valence-electron chi connectivity index (χ0n) is 10.6. The van der Waals surface area contributed by atoms with Gasteiger partial charge in [-0.3, -0.25) is 19.7 Å². The van der Waals surface area contributed by atoms with Gasteiger partial charge in [-0.2, -0.15) is 0 Å². The molecule has 7 nitrogen and oxygen atoms in total. The summed E-state index contributed by atoms with van der Waals surface area (Å²) >= 11 is 0. The number of carbonyl (C=O) groups is 2. The first-order valence-electron chi connectivity index (χ1n) is 5.55. The Kier molecular flexibility index (Phi) is 4.99. The number of rotatable bonds is 5. The molecule has 0 aliphatic carbocycles. The third-order valence-electron chi connectivity index (χ3n) is 2.34. The smallest absolute Gasteiger partial charge is 0.302 e. The lowest BCUT2D eigenvalue weighted by molar-refractivity contribution is -0.384. The molecular formula is C12H14N2O5. The SMILES string of the molecule is CC(=O)N[C@@H](COC(C)=O)c1ccc([N+](=O)[O-])cc1. The van der Waals surface area contributed by atoms with Gasteiger partial charge in [-0.1, -0.05) is 12.1 Å². The molecule has 1 rings (SSSR count). The van der Waals surface area contributed by atoms with Gasteiger partial charge in [0.05, 0.1) is 11.0 Å². The van der Waals surface area contributed by atoms with Gasteiger partial charge in [-0.05, 0) is 5.56 Å². The van der Waals surface area contributed by atoms with Crippen LogP contribution in [0.25, 0.3) is 0 Å². The fourth-order valence-electron chi connectivity index (χ4n) is 1.50. The van der Waals surface area contributed by atoms with Crippen LogP contribution >= 0.6 is 0 Å². The molecule has 0 spiro atoms. The van der Waals surface area contributed by atoms with Crippen molar-refractivity contribution in [3.05, 3.63) is 39.9 Å². The predicted octanol–water partition coefficient (Wildman–Crippen LogP) is 1.34. The van der Waals surface area contributed by atoms with Crippen molar-refractivity contribution in [1.82, 2.24) is 5.32 Å². The molecule has 0 unspecified atom stereocenters. The maximum absolute atomic E-state index is 11.1. The highest BCUT2D eigenvalue weighted by atomic mass is 16.6. The summed E-state index contributed by atoms with van der Waals surface area (Å²) in [6.07, 6.45) is 0. The molecule has 0 aliphatic rings. The summed E-state index contributed by atoms with van der Waals surface area (Å²) in [6.45, 7) is 2.58. The Balaban J connectivity index is 2.86. The molecule has 0 aliphatic heterocycles. The normalized spacial score (nSPS) is 11.5. The lowest BCUT2D eigenvalue weighted by atomic mass is 10.1. The van der Waals surface area contributed by atoms with E-state index in [9.17, 15) is 19.7 Å². The molecule has 19 heavy (non-hydrogen) atoms. The fraction of sp³-hybridized carbons (Fsp3) is 0.333. The zero-order chi connectivity index (χ0) is 14.4. The van der Waals surface area contributed by atoms with E-state index in [1.165, 1.54) is 38.1 Å². The monoisotopic (exact) mass is 266 g/mol. The van der Waals surface area contributed by atoms with Crippen molar-refractivity contribution in [3.8, 4) is 0 Å². The number of nitrogens with zero attached hydrogens (tertiary/aromatic N) is 1. The number of esters is 1. The van der Waals surface area contributed by atoms with Crippen LogP contribution in [0.3, 0.4) is 0 Å². The van der Waals surface area contributed by atoms with Gasteiger partial charge in [-0.25, -0.2) is 0 Å². The summed E-state index contributed by atoms with van der Waals surface area (Å²) in [4.78, 5) is 31.9. The van der Waals surface area contributed by atoms with Crippen molar-refractivity contribution >= 4 is 17.6 Å². The molecule has 1 atom stereocenters. The topological polar surface area (TPSA) is 98.5 Å². The number of amides is 1. The van der Waals surface area contributed by atoms with E-state index < -0.39 is 16.9 Å². The Labute approximate surface area is 109 Å². The van der Waals surface area contributed by atoms with Crippen LogP contribution in [-0.4, -0.2) is 23.4 Å². The Bertz CT molecular complexity index is 483. The van der Waals surface area contributed by atoms with Crippen molar-refractivity contribution in [1.29, 1.82) is 0 Å². The molecule has 0 saturated carbocycles. The summed E-state index contributed by atoms with van der Waals surface area (Å²) in [5.74, 6) is -0.743. The first-order valence-corrected chi connectivity index (χ1v) is 5.55. The van der Waals surface area contributed by atoms with Gasteiger partial charge in [0.15, 0.2) is 0 Å². The van der Waals surface area contributed by atoms with E-state index in [0.29, 0.717) is 5.56 Å². The van der Waals surface area contributed by atoms with Crippen molar-refractivity contribution in [2.75, 3.05) is 6.61 Å². The third-order valence-corrected chi connectivity index (χ3v) is 2.34. The Morgan fingerprint density at radius 3 is 2.32 bits per heavy atom. The van der Waals surface area contributed by atoms with Crippen LogP contribution in [0, 0.1) is 10.1 Å². The molecule has 0 fully saturated rings. The van der Waals surface area contributed by atoms with Gasteiger partial charge in [-0.15, -0.1) is 0 Å². The molecular weight excluding hydrogens is 252 g/mol. The average Bonchev–Trinajstić information content (AvgIpc) is 2.34. The fourth-order valence-corrected chi connectivity index (χ4v) is 1.50. The molecule has 0 aromatic heterocycles. The first kappa shape index (κ1) is 14.6. The molecule has 0 radical (unpaired) electrons. The molecule has 0 saturated heterocycles. The lowest BCUT2D eigenvalue weighted by Gasteiger charge is -2.17. The number of benzene rings is 1. The van der Waals surface area contributed by atoms with Crippen molar-refractivity contribution in [2.24, 2.45) is 0 Å². The van der Waals surface area contributed by atoms with Gasteiger partial charge in [0, 0.05) is 26.0 Å². The molecule has 1 aromatic carbocycles. The number of carbonyl (C=O) groups excluding carboxylic acids is 2. The van der Waals surface area contributed by atoms with Crippen LogP contribution in [-0.2, 0) is 14.3 Å². The second-order valence-corrected chi connectivity index (χ2v) is 3.90. The standard InChI is InChI=1S/C12H14N2O5/c1-8(15)13-12(7-19-9(2)16)10-3-5-11(6-4-10)14(17)18/h3-6,12H,7H2,1-2H3,(H,13,15)/t12-/m0/s1. The lowest BCUT2D eigenvalue weighted by Crippen LogP contribution is -2.30. The number of hydrogen-bond acceptors (Lipinski definition) is 5. The molecule has 0 bridgehead atoms. The molecule has 102 valence electrons. The summed E-state index contributed by atoms with van der Waals surface area (Å²) in [7, 11) is 0. The number of non-ortho nitro benzene ring substituents is 1. The first-order chi connectivity index (χ1) is 8.90. The number of nitro benzene ring substituents is 1. The molecule has 1 N–H and O–H groups in total. The molecule has 1 aromatic rings. The van der Waals surface area contributed by atoms with Gasteiger partial charge in [0.1, 0.15) is 6.61 Å². The van der Waals surface area contributed by atoms with E-state index in [2.05, 4.69) is 5.32 Å². The summed E-state index contributed by atoms with van der Waals surface area (Å²) in [5.41, 5.74) is 0.583. The second kappa shape index (κ2) is 6.48. The van der Waals surface area contributed by atoms with Crippen LogP contribution in [0.2, 0.25) is 0 Å². The maximum atomic E-state index is 11.1. The number of ether oxygens (including phenoxy) is 1. The van der Waals surface area contributed by atoms with E-state index in [1.54, 1.807) is 0 Å². The zero-order valence-corrected chi connectivity index (χ0v) is 10.6. The molecule has 7 heteroatoms. The second-order valence-electron chi connectivity index (χ2n) is 3.90. The van der Waals surface area contributed by atoms with Crippen LogP contribution < -0.4 is 5.32 Å². The average molecular weight is 266 g/mol. The highest BCUT2D eigenvalue weighted by Crippen LogP contribution is 2.18. The van der Waals surface area contributed by atoms with Crippen molar-refractivity contribution in [3.63, 3.8) is 0 Å². The van der Waals surface area contributed by atoms with E-state index in [4.69, 9.17) is 4.74 Å². The van der Waals surface area contributed by atoms with Gasteiger partial charge in [0.2, 0.25) is 5.91 Å². The van der Waals surface area contributed by atoms with Gasteiger partial charge in [0.25, 0.3) is 5.69 Å². The summed E-state index contributed by atoms with van der Waals surface area (Å²) < 4.78 is 4.85. The van der Waals surface area contributed by atoms with Crippen LogP contribution in [0.4, 0.5) is 5.69 Å². The quantitative estimate of drug-likeness (QED) is 0.492.